The van der Waals surface area contributed by atoms with Crippen LogP contribution in [0, 0.1) is 0 Å². The van der Waals surface area contributed by atoms with Gasteiger partial charge in [0.15, 0.2) is 0 Å². The molecule has 0 N–H and O–H groups in total. The second kappa shape index (κ2) is 12.3. The first-order valence-electron chi connectivity index (χ1n) is 18.5. The molecular weight excluding hydrogens is 691 g/mol. The van der Waals surface area contributed by atoms with Gasteiger partial charge in [-0.1, -0.05) is 127 Å². The van der Waals surface area contributed by atoms with Gasteiger partial charge in [0.05, 0.1) is 43.2 Å². The molecule has 0 saturated carbocycles. The molecule has 0 radical (unpaired) electrons. The van der Waals surface area contributed by atoms with E-state index in [1.165, 1.54) is 21.8 Å². The molecule has 3 heterocycles. The molecule has 10 aromatic rings. The summed E-state index contributed by atoms with van der Waals surface area (Å²) in [5.74, 6) is 0. The Hall–Kier alpha value is -6.95. The number of hydrogen-bond acceptors (Lipinski definition) is 2. The second-order valence-corrected chi connectivity index (χ2v) is 16.1. The van der Waals surface area contributed by atoms with Crippen LogP contribution in [-0.4, -0.2) is 13.3 Å². The van der Waals surface area contributed by atoms with Gasteiger partial charge in [-0.05, 0) is 89.5 Å². The monoisotopic (exact) mass is 723 g/mol. The van der Waals surface area contributed by atoms with E-state index in [1.807, 2.05) is 60.7 Å². The first-order valence-corrected chi connectivity index (χ1v) is 20.0. The zero-order valence-corrected chi connectivity index (χ0v) is 30.5. The summed E-state index contributed by atoms with van der Waals surface area (Å²) in [6, 6.07) is 67.3. The lowest BCUT2D eigenvalue weighted by molar-refractivity contribution is 0.676. The van der Waals surface area contributed by atoms with Crippen molar-refractivity contribution >= 4 is 65.1 Å². The first kappa shape index (κ1) is 31.6. The van der Waals surface area contributed by atoms with Gasteiger partial charge in [0.25, 0.3) is 0 Å². The van der Waals surface area contributed by atoms with Crippen LogP contribution in [0.4, 0.5) is 0 Å². The summed E-state index contributed by atoms with van der Waals surface area (Å²) in [7, 11) is -3.09. The van der Waals surface area contributed by atoms with Crippen molar-refractivity contribution in [2.75, 3.05) is 0 Å². The third kappa shape index (κ3) is 4.87. The number of rotatable bonds is 5. The van der Waals surface area contributed by atoms with Crippen molar-refractivity contribution in [1.82, 2.24) is 9.13 Å². The van der Waals surface area contributed by atoms with Crippen molar-refractivity contribution in [3.05, 3.63) is 205 Å². The standard InChI is InChI=1S/C50H33N3OS/c54-55(39-20-8-3-9-21-39)50-37(33-44(51-55)34-15-4-1-5-16-34)17-14-26-49(50)53-46-25-13-11-23-41(46)43-32-36(28-30-48(43)53)35-27-29-47-42(31-35)40-22-10-12-24-45(40)52(47)38-18-6-2-7-19-38/h1-33H. The highest BCUT2D eigenvalue weighted by molar-refractivity contribution is 7.94. The highest BCUT2D eigenvalue weighted by atomic mass is 32.2. The lowest BCUT2D eigenvalue weighted by atomic mass is 10.0. The van der Waals surface area contributed by atoms with E-state index in [-0.39, 0.29) is 0 Å². The zero-order valence-electron chi connectivity index (χ0n) is 29.7. The van der Waals surface area contributed by atoms with Crippen LogP contribution in [0.15, 0.2) is 208 Å². The van der Waals surface area contributed by atoms with Crippen LogP contribution in [-0.2, 0) is 9.73 Å². The van der Waals surface area contributed by atoms with Crippen LogP contribution in [0.2, 0.25) is 0 Å². The molecule has 8 aromatic carbocycles. The molecule has 4 nitrogen and oxygen atoms in total. The molecule has 5 heteroatoms. The fourth-order valence-corrected chi connectivity index (χ4v) is 10.7. The molecule has 1 unspecified atom stereocenters. The minimum absolute atomic E-state index is 0.692. The van der Waals surface area contributed by atoms with Gasteiger partial charge in [-0.3, -0.25) is 0 Å². The third-order valence-corrected chi connectivity index (χ3v) is 13.2. The van der Waals surface area contributed by atoms with E-state index in [9.17, 15) is 0 Å². The molecule has 0 saturated heterocycles. The van der Waals surface area contributed by atoms with Crippen molar-refractivity contribution in [2.45, 2.75) is 9.79 Å². The smallest absolute Gasteiger partial charge is 0.111 e. The summed E-state index contributed by atoms with van der Waals surface area (Å²) < 4.78 is 25.5. The van der Waals surface area contributed by atoms with Crippen LogP contribution < -0.4 is 0 Å². The molecule has 1 atom stereocenters. The van der Waals surface area contributed by atoms with Gasteiger partial charge in [-0.15, -0.1) is 0 Å². The van der Waals surface area contributed by atoms with E-state index in [4.69, 9.17) is 4.36 Å². The van der Waals surface area contributed by atoms with E-state index >= 15 is 4.21 Å². The average molecular weight is 724 g/mol. The van der Waals surface area contributed by atoms with E-state index in [0.29, 0.717) is 4.90 Å². The third-order valence-electron chi connectivity index (χ3n) is 10.9. The summed E-state index contributed by atoms with van der Waals surface area (Å²) in [5.41, 5.74) is 11.3. The molecule has 0 fully saturated rings. The molecule has 0 bridgehead atoms. The van der Waals surface area contributed by atoms with Gasteiger partial charge in [0.1, 0.15) is 9.73 Å². The molecule has 260 valence electrons. The minimum Gasteiger partial charge on any atom is -0.309 e. The fraction of sp³-hybridized carbons (Fsp3) is 0. The Bertz CT molecular complexity index is 3290. The Morgan fingerprint density at radius 3 is 1.60 bits per heavy atom. The van der Waals surface area contributed by atoms with Crippen LogP contribution in [0.25, 0.3) is 77.9 Å². The van der Waals surface area contributed by atoms with E-state index in [1.54, 1.807) is 0 Å². The van der Waals surface area contributed by atoms with Crippen LogP contribution >= 0.6 is 0 Å². The summed E-state index contributed by atoms with van der Waals surface area (Å²) >= 11 is 0. The van der Waals surface area contributed by atoms with Crippen LogP contribution in [0.5, 0.6) is 0 Å². The van der Waals surface area contributed by atoms with Crippen molar-refractivity contribution < 1.29 is 4.21 Å². The van der Waals surface area contributed by atoms with E-state index in [0.717, 1.165) is 66.0 Å². The summed E-state index contributed by atoms with van der Waals surface area (Å²) in [5, 5.41) is 4.72. The molecule has 0 aliphatic carbocycles. The maximum absolute atomic E-state index is 15.7. The minimum atomic E-state index is -3.09. The lowest BCUT2D eigenvalue weighted by Crippen LogP contribution is -2.12. The largest absolute Gasteiger partial charge is 0.309 e. The number of fused-ring (bicyclic) bond motifs is 7. The van der Waals surface area contributed by atoms with Crippen molar-refractivity contribution in [2.24, 2.45) is 4.36 Å². The molecule has 1 aliphatic rings. The number of para-hydroxylation sites is 3. The average Bonchev–Trinajstić information content (AvgIpc) is 3.76. The number of aromatic nitrogens is 2. The molecular formula is C50H33N3OS. The molecule has 55 heavy (non-hydrogen) atoms. The Morgan fingerprint density at radius 1 is 0.418 bits per heavy atom. The Balaban J connectivity index is 1.13. The Labute approximate surface area is 319 Å². The first-order chi connectivity index (χ1) is 27.2. The van der Waals surface area contributed by atoms with E-state index in [2.05, 4.69) is 149 Å². The molecule has 0 spiro atoms. The Morgan fingerprint density at radius 2 is 0.945 bits per heavy atom. The Kier molecular flexibility index (Phi) is 7.06. The van der Waals surface area contributed by atoms with Gasteiger partial charge in [0, 0.05) is 32.8 Å². The molecule has 2 aromatic heterocycles. The van der Waals surface area contributed by atoms with Crippen molar-refractivity contribution in [1.29, 1.82) is 0 Å². The SMILES string of the molecule is O=S1(c2ccccc2)=NC(c2ccccc2)=Cc2cccc(-n3c4ccccc4c4cc(-c5ccc6c(c5)c5ccccc5n6-c5ccccc5)ccc43)c21. The lowest BCUT2D eigenvalue weighted by Gasteiger charge is -2.23. The molecule has 1 aliphatic heterocycles. The van der Waals surface area contributed by atoms with Crippen LogP contribution in [0.1, 0.15) is 11.1 Å². The maximum atomic E-state index is 15.7. The van der Waals surface area contributed by atoms with Gasteiger partial charge < -0.3 is 9.13 Å². The van der Waals surface area contributed by atoms with Gasteiger partial charge >= 0.3 is 0 Å². The summed E-state index contributed by atoms with van der Waals surface area (Å²) in [6.45, 7) is 0. The number of benzene rings is 8. The topological polar surface area (TPSA) is 39.3 Å². The summed E-state index contributed by atoms with van der Waals surface area (Å²) in [4.78, 5) is 1.42. The predicted molar refractivity (Wildman–Crippen MR) is 228 cm³/mol. The highest BCUT2D eigenvalue weighted by Crippen LogP contribution is 2.43. The van der Waals surface area contributed by atoms with Crippen LogP contribution in [0.3, 0.4) is 0 Å². The number of hydrogen-bond donors (Lipinski definition) is 0. The normalized spacial score (nSPS) is 15.3. The van der Waals surface area contributed by atoms with Gasteiger partial charge in [0.2, 0.25) is 0 Å². The van der Waals surface area contributed by atoms with Crippen molar-refractivity contribution in [3.63, 3.8) is 0 Å². The quantitative estimate of drug-likeness (QED) is 0.174. The van der Waals surface area contributed by atoms with E-state index < -0.39 is 9.73 Å². The summed E-state index contributed by atoms with van der Waals surface area (Å²) in [6.07, 6.45) is 2.08. The predicted octanol–water partition coefficient (Wildman–Crippen LogP) is 12.9. The number of nitrogens with zero attached hydrogens (tertiary/aromatic N) is 3. The van der Waals surface area contributed by atoms with Crippen molar-refractivity contribution in [3.8, 4) is 22.5 Å². The zero-order chi connectivity index (χ0) is 36.5. The maximum Gasteiger partial charge on any atom is 0.111 e. The molecule has 11 rings (SSSR count). The van der Waals surface area contributed by atoms with Gasteiger partial charge in [-0.2, -0.15) is 4.36 Å². The fourth-order valence-electron chi connectivity index (χ4n) is 8.43. The highest BCUT2D eigenvalue weighted by Gasteiger charge is 2.29. The molecule has 0 amide bonds. The second-order valence-electron chi connectivity index (χ2n) is 14.0. The van der Waals surface area contributed by atoms with Gasteiger partial charge in [-0.25, -0.2) is 4.21 Å².